The number of amides is 1. The Labute approximate surface area is 109 Å². The zero-order chi connectivity index (χ0) is 13.1. The van der Waals surface area contributed by atoms with Gasteiger partial charge in [-0.3, -0.25) is 4.79 Å². The van der Waals surface area contributed by atoms with Crippen LogP contribution in [0.3, 0.4) is 0 Å². The Balaban J connectivity index is 1.89. The fraction of sp³-hybridized carbons (Fsp3) is 0.462. The molecule has 0 radical (unpaired) electrons. The van der Waals surface area contributed by atoms with Gasteiger partial charge >= 0.3 is 0 Å². The molecule has 0 aromatic heterocycles. The quantitative estimate of drug-likeness (QED) is 0.843. The Morgan fingerprint density at radius 3 is 2.72 bits per heavy atom. The molecule has 0 heterocycles. The Morgan fingerprint density at radius 2 is 2.11 bits per heavy atom. The summed E-state index contributed by atoms with van der Waals surface area (Å²) < 4.78 is 25.7. The van der Waals surface area contributed by atoms with Crippen molar-refractivity contribution in [3.63, 3.8) is 0 Å². The van der Waals surface area contributed by atoms with E-state index in [9.17, 15) is 13.6 Å². The van der Waals surface area contributed by atoms with Crippen molar-refractivity contribution in [1.29, 1.82) is 0 Å². The number of hydrogen-bond acceptors (Lipinski definition) is 1. The van der Waals surface area contributed by atoms with Crippen LogP contribution in [0.5, 0.6) is 0 Å². The SMILES string of the molecule is O=C(NCC1CCC(Cl)C1)c1ccc(F)c(F)c1. The molecule has 18 heavy (non-hydrogen) atoms. The smallest absolute Gasteiger partial charge is 0.251 e. The summed E-state index contributed by atoms with van der Waals surface area (Å²) in [6, 6.07) is 3.13. The Hall–Kier alpha value is -1.16. The molecule has 1 saturated carbocycles. The molecule has 1 fully saturated rings. The van der Waals surface area contributed by atoms with Gasteiger partial charge in [-0.05, 0) is 43.4 Å². The number of halogens is 3. The molecule has 0 spiro atoms. The molecule has 1 N–H and O–H groups in total. The number of hydrogen-bond donors (Lipinski definition) is 1. The van der Waals surface area contributed by atoms with E-state index in [1.807, 2.05) is 0 Å². The summed E-state index contributed by atoms with van der Waals surface area (Å²) in [5, 5.41) is 2.91. The largest absolute Gasteiger partial charge is 0.352 e. The molecule has 2 unspecified atom stereocenters. The molecular formula is C13H14ClF2NO. The van der Waals surface area contributed by atoms with Crippen LogP contribution in [0.1, 0.15) is 29.6 Å². The van der Waals surface area contributed by atoms with Crippen LogP contribution >= 0.6 is 11.6 Å². The standard InChI is InChI=1S/C13H14ClF2NO/c14-10-3-1-8(5-10)7-17-13(18)9-2-4-11(15)12(16)6-9/h2,4,6,8,10H,1,3,5,7H2,(H,17,18). The van der Waals surface area contributed by atoms with Crippen molar-refractivity contribution in [3.8, 4) is 0 Å². The number of carbonyl (C=O) groups excluding carboxylic acids is 1. The monoisotopic (exact) mass is 273 g/mol. The highest BCUT2D eigenvalue weighted by molar-refractivity contribution is 6.20. The molecule has 1 aromatic rings. The lowest BCUT2D eigenvalue weighted by atomic mass is 10.1. The van der Waals surface area contributed by atoms with Gasteiger partial charge in [-0.2, -0.15) is 0 Å². The highest BCUT2D eigenvalue weighted by atomic mass is 35.5. The molecule has 1 aliphatic carbocycles. The van der Waals surface area contributed by atoms with E-state index in [0.717, 1.165) is 31.4 Å². The maximum absolute atomic E-state index is 13.0. The van der Waals surface area contributed by atoms with Crippen molar-refractivity contribution in [3.05, 3.63) is 35.4 Å². The average molecular weight is 274 g/mol. The third kappa shape index (κ3) is 3.19. The number of alkyl halides is 1. The minimum absolute atomic E-state index is 0.134. The second kappa shape index (κ2) is 5.65. The lowest BCUT2D eigenvalue weighted by Gasteiger charge is -2.10. The third-order valence-corrected chi connectivity index (χ3v) is 3.61. The molecule has 5 heteroatoms. The predicted molar refractivity (Wildman–Crippen MR) is 65.7 cm³/mol. The Bertz CT molecular complexity index is 453. The summed E-state index contributed by atoms with van der Waals surface area (Å²) in [6.45, 7) is 0.529. The highest BCUT2D eigenvalue weighted by Gasteiger charge is 2.23. The van der Waals surface area contributed by atoms with Gasteiger partial charge in [0.1, 0.15) is 0 Å². The lowest BCUT2D eigenvalue weighted by molar-refractivity contribution is 0.0947. The first-order valence-corrected chi connectivity index (χ1v) is 6.37. The van der Waals surface area contributed by atoms with E-state index in [1.54, 1.807) is 0 Å². The van der Waals surface area contributed by atoms with Crippen LogP contribution in [0, 0.1) is 17.6 Å². The van der Waals surface area contributed by atoms with Crippen LogP contribution in [0.4, 0.5) is 8.78 Å². The van der Waals surface area contributed by atoms with Crippen LogP contribution in [0.25, 0.3) is 0 Å². The van der Waals surface area contributed by atoms with Crippen LogP contribution in [0.15, 0.2) is 18.2 Å². The molecular weight excluding hydrogens is 260 g/mol. The highest BCUT2D eigenvalue weighted by Crippen LogP contribution is 2.28. The second-order valence-corrected chi connectivity index (χ2v) is 5.23. The van der Waals surface area contributed by atoms with E-state index < -0.39 is 11.6 Å². The van der Waals surface area contributed by atoms with Crippen molar-refractivity contribution in [1.82, 2.24) is 5.32 Å². The molecule has 0 aliphatic heterocycles. The van der Waals surface area contributed by atoms with Gasteiger partial charge in [-0.15, -0.1) is 11.6 Å². The molecule has 0 saturated heterocycles. The van der Waals surface area contributed by atoms with Gasteiger partial charge in [0.05, 0.1) is 0 Å². The van der Waals surface area contributed by atoms with Gasteiger partial charge in [0.25, 0.3) is 5.91 Å². The Kier molecular flexibility index (Phi) is 4.17. The summed E-state index contributed by atoms with van der Waals surface area (Å²) in [5.74, 6) is -1.97. The van der Waals surface area contributed by atoms with E-state index >= 15 is 0 Å². The number of benzene rings is 1. The van der Waals surface area contributed by atoms with Crippen molar-refractivity contribution in [2.75, 3.05) is 6.54 Å². The minimum atomic E-state index is -1.01. The van der Waals surface area contributed by atoms with E-state index in [2.05, 4.69) is 5.32 Å². The van der Waals surface area contributed by atoms with Gasteiger partial charge < -0.3 is 5.32 Å². The van der Waals surface area contributed by atoms with Crippen LogP contribution in [0.2, 0.25) is 0 Å². The maximum Gasteiger partial charge on any atom is 0.251 e. The van der Waals surface area contributed by atoms with Gasteiger partial charge in [0.15, 0.2) is 11.6 Å². The van der Waals surface area contributed by atoms with E-state index in [0.29, 0.717) is 12.5 Å². The fourth-order valence-corrected chi connectivity index (χ4v) is 2.55. The summed E-state index contributed by atoms with van der Waals surface area (Å²) >= 11 is 5.97. The molecule has 1 aromatic carbocycles. The fourth-order valence-electron chi connectivity index (χ4n) is 2.18. The first-order valence-electron chi connectivity index (χ1n) is 5.93. The molecule has 2 atom stereocenters. The second-order valence-electron chi connectivity index (χ2n) is 4.62. The first-order chi connectivity index (χ1) is 8.56. The topological polar surface area (TPSA) is 29.1 Å². The van der Waals surface area contributed by atoms with Crippen LogP contribution in [-0.4, -0.2) is 17.8 Å². The van der Waals surface area contributed by atoms with Crippen LogP contribution < -0.4 is 5.32 Å². The molecule has 98 valence electrons. The average Bonchev–Trinajstić information content (AvgIpc) is 2.75. The molecule has 1 aliphatic rings. The molecule has 0 bridgehead atoms. The molecule has 2 nitrogen and oxygen atoms in total. The predicted octanol–water partition coefficient (Wildman–Crippen LogP) is 3.10. The maximum atomic E-state index is 13.0. The summed E-state index contributed by atoms with van der Waals surface area (Å²) in [5.41, 5.74) is 0.134. The van der Waals surface area contributed by atoms with Crippen LogP contribution in [-0.2, 0) is 0 Å². The van der Waals surface area contributed by atoms with Gasteiger partial charge in [0.2, 0.25) is 0 Å². The van der Waals surface area contributed by atoms with Gasteiger partial charge in [-0.1, -0.05) is 0 Å². The number of nitrogens with one attached hydrogen (secondary N) is 1. The van der Waals surface area contributed by atoms with Gasteiger partial charge in [-0.25, -0.2) is 8.78 Å². The molecule has 2 rings (SSSR count). The normalized spacial score (nSPS) is 23.1. The first kappa shape index (κ1) is 13.3. The third-order valence-electron chi connectivity index (χ3n) is 3.21. The zero-order valence-electron chi connectivity index (χ0n) is 9.76. The summed E-state index contributed by atoms with van der Waals surface area (Å²) in [4.78, 5) is 11.7. The van der Waals surface area contributed by atoms with Crippen molar-refractivity contribution >= 4 is 17.5 Å². The lowest BCUT2D eigenvalue weighted by Crippen LogP contribution is -2.28. The molecule has 1 amide bonds. The van der Waals surface area contributed by atoms with E-state index in [1.165, 1.54) is 6.07 Å². The van der Waals surface area contributed by atoms with Gasteiger partial charge in [0, 0.05) is 17.5 Å². The number of carbonyl (C=O) groups is 1. The van der Waals surface area contributed by atoms with Crippen molar-refractivity contribution in [2.24, 2.45) is 5.92 Å². The number of rotatable bonds is 3. The van der Waals surface area contributed by atoms with E-state index in [4.69, 9.17) is 11.6 Å². The minimum Gasteiger partial charge on any atom is -0.352 e. The summed E-state index contributed by atoms with van der Waals surface area (Å²) in [7, 11) is 0. The zero-order valence-corrected chi connectivity index (χ0v) is 10.5. The summed E-state index contributed by atoms with van der Waals surface area (Å²) in [6.07, 6.45) is 2.85. The Morgan fingerprint density at radius 1 is 1.33 bits per heavy atom. The van der Waals surface area contributed by atoms with E-state index in [-0.39, 0.29) is 16.8 Å². The van der Waals surface area contributed by atoms with Crippen molar-refractivity contribution < 1.29 is 13.6 Å². The van der Waals surface area contributed by atoms with Crippen molar-refractivity contribution in [2.45, 2.75) is 24.6 Å².